The molecule has 138 valence electrons. The van der Waals surface area contributed by atoms with Gasteiger partial charge in [-0.15, -0.1) is 0 Å². The smallest absolute Gasteiger partial charge is 0.342 e. The first-order valence-corrected chi connectivity index (χ1v) is 8.70. The van der Waals surface area contributed by atoms with E-state index in [1.807, 2.05) is 19.1 Å². The molecule has 0 amide bonds. The second-order valence-electron chi connectivity index (χ2n) is 6.18. The molecule has 3 nitrogen and oxygen atoms in total. The molecule has 0 spiro atoms. The minimum absolute atomic E-state index is 0.0513. The van der Waals surface area contributed by atoms with E-state index in [4.69, 9.17) is 23.2 Å². The molecule has 2 aromatic carbocycles. The van der Waals surface area contributed by atoms with Crippen LogP contribution in [0.5, 0.6) is 0 Å². The largest absolute Gasteiger partial charge is 0.416 e. The van der Waals surface area contributed by atoms with Crippen LogP contribution in [0.25, 0.3) is 11.0 Å². The maximum absolute atomic E-state index is 12.8. The Morgan fingerprint density at radius 2 is 1.81 bits per heavy atom. The van der Waals surface area contributed by atoms with Crippen LogP contribution in [0.4, 0.5) is 13.2 Å². The minimum atomic E-state index is -4.37. The van der Waals surface area contributed by atoms with E-state index in [9.17, 15) is 13.2 Å². The second kappa shape index (κ2) is 7.47. The Balaban J connectivity index is 1.66. The third-order valence-electron chi connectivity index (χ3n) is 3.93. The van der Waals surface area contributed by atoms with Gasteiger partial charge in [0.25, 0.3) is 0 Å². The molecule has 26 heavy (non-hydrogen) atoms. The number of H-pyrrole nitrogens is 1. The Labute approximate surface area is 158 Å². The van der Waals surface area contributed by atoms with E-state index in [0.29, 0.717) is 39.9 Å². The van der Waals surface area contributed by atoms with Crippen LogP contribution < -0.4 is 5.32 Å². The predicted octanol–water partition coefficient (Wildman–Crippen LogP) is 5.61. The number of rotatable bonds is 5. The predicted molar refractivity (Wildman–Crippen MR) is 97.6 cm³/mol. The van der Waals surface area contributed by atoms with Gasteiger partial charge >= 0.3 is 6.18 Å². The van der Waals surface area contributed by atoms with Gasteiger partial charge in [0.05, 0.1) is 16.6 Å². The minimum Gasteiger partial charge on any atom is -0.342 e. The summed E-state index contributed by atoms with van der Waals surface area (Å²) in [4.78, 5) is 7.32. The summed E-state index contributed by atoms with van der Waals surface area (Å²) in [6.45, 7) is 2.54. The number of nitrogens with zero attached hydrogens (tertiary/aromatic N) is 1. The fraction of sp³-hybridized carbons (Fsp3) is 0.278. The Bertz CT molecular complexity index is 901. The molecule has 0 radical (unpaired) electrons. The summed E-state index contributed by atoms with van der Waals surface area (Å²) in [5.74, 6) is 0.628. The van der Waals surface area contributed by atoms with Crippen LogP contribution in [-0.2, 0) is 19.1 Å². The highest BCUT2D eigenvalue weighted by Gasteiger charge is 2.30. The molecule has 0 fully saturated rings. The lowest BCUT2D eigenvalue weighted by molar-refractivity contribution is -0.137. The molecule has 1 heterocycles. The van der Waals surface area contributed by atoms with E-state index in [1.165, 1.54) is 6.07 Å². The number of fused-ring (bicyclic) bond motifs is 1. The molecule has 1 aromatic heterocycles. The van der Waals surface area contributed by atoms with Crippen molar-refractivity contribution in [2.24, 2.45) is 0 Å². The first-order chi connectivity index (χ1) is 12.2. The van der Waals surface area contributed by atoms with Gasteiger partial charge in [-0.05, 0) is 48.9 Å². The number of halogens is 5. The molecule has 1 unspecified atom stereocenters. The molecule has 0 saturated carbocycles. The zero-order valence-corrected chi connectivity index (χ0v) is 15.3. The van der Waals surface area contributed by atoms with Crippen molar-refractivity contribution in [1.29, 1.82) is 0 Å². The van der Waals surface area contributed by atoms with Crippen LogP contribution in [-0.4, -0.2) is 16.0 Å². The van der Waals surface area contributed by atoms with Crippen molar-refractivity contribution in [1.82, 2.24) is 15.3 Å². The third kappa shape index (κ3) is 4.69. The van der Waals surface area contributed by atoms with Crippen LogP contribution in [0.1, 0.15) is 23.9 Å². The Morgan fingerprint density at radius 3 is 2.46 bits per heavy atom. The average molecular weight is 402 g/mol. The first kappa shape index (κ1) is 19.0. The molecular weight excluding hydrogens is 386 g/mol. The average Bonchev–Trinajstić information content (AvgIpc) is 2.92. The summed E-state index contributed by atoms with van der Waals surface area (Å²) < 4.78 is 38.4. The van der Waals surface area contributed by atoms with Gasteiger partial charge in [-0.3, -0.25) is 0 Å². The van der Waals surface area contributed by atoms with E-state index in [1.54, 1.807) is 6.07 Å². The molecule has 0 aliphatic rings. The standard InChI is InChI=1S/C18H16Cl2F3N3/c1-10(24-9-11-5-13(19)8-14(20)6-11)4-17-25-15-3-2-12(18(21,22)23)7-16(15)26-17/h2-3,5-8,10,24H,4,9H2,1H3,(H,25,26). The number of benzene rings is 2. The van der Waals surface area contributed by atoms with Crippen molar-refractivity contribution in [3.8, 4) is 0 Å². The summed E-state index contributed by atoms with van der Waals surface area (Å²) >= 11 is 12.0. The fourth-order valence-corrected chi connectivity index (χ4v) is 3.27. The van der Waals surface area contributed by atoms with Crippen LogP contribution in [0.3, 0.4) is 0 Å². The number of hydrogen-bond acceptors (Lipinski definition) is 2. The highest BCUT2D eigenvalue weighted by molar-refractivity contribution is 6.34. The maximum Gasteiger partial charge on any atom is 0.416 e. The SMILES string of the molecule is CC(Cc1nc2ccc(C(F)(F)F)cc2[nH]1)NCc1cc(Cl)cc(Cl)c1. The quantitative estimate of drug-likeness (QED) is 0.583. The summed E-state index contributed by atoms with van der Waals surface area (Å²) in [5.41, 5.74) is 1.16. The lowest BCUT2D eigenvalue weighted by Crippen LogP contribution is -2.28. The topological polar surface area (TPSA) is 40.7 Å². The maximum atomic E-state index is 12.8. The van der Waals surface area contributed by atoms with E-state index in [0.717, 1.165) is 17.7 Å². The van der Waals surface area contributed by atoms with Crippen molar-refractivity contribution in [3.63, 3.8) is 0 Å². The van der Waals surface area contributed by atoms with Crippen LogP contribution in [0.2, 0.25) is 10.0 Å². The molecule has 8 heteroatoms. The third-order valence-corrected chi connectivity index (χ3v) is 4.37. The zero-order valence-electron chi connectivity index (χ0n) is 13.8. The van der Waals surface area contributed by atoms with Gasteiger partial charge in [0.2, 0.25) is 0 Å². The fourth-order valence-electron chi connectivity index (χ4n) is 2.70. The van der Waals surface area contributed by atoms with Crippen molar-refractivity contribution >= 4 is 34.2 Å². The van der Waals surface area contributed by atoms with Crippen LogP contribution in [0, 0.1) is 0 Å². The van der Waals surface area contributed by atoms with Gasteiger partial charge < -0.3 is 10.3 Å². The molecule has 3 rings (SSSR count). The number of aromatic nitrogens is 2. The van der Waals surface area contributed by atoms with Crippen LogP contribution >= 0.6 is 23.2 Å². The van der Waals surface area contributed by atoms with Gasteiger partial charge in [0.1, 0.15) is 5.82 Å². The summed E-state index contributed by atoms with van der Waals surface area (Å²) in [5, 5.41) is 4.46. The van der Waals surface area contributed by atoms with E-state index < -0.39 is 11.7 Å². The molecule has 3 aromatic rings. The van der Waals surface area contributed by atoms with Gasteiger partial charge in [-0.1, -0.05) is 23.2 Å². The highest BCUT2D eigenvalue weighted by atomic mass is 35.5. The normalized spacial score (nSPS) is 13.3. The summed E-state index contributed by atoms with van der Waals surface area (Å²) in [6, 6.07) is 8.87. The molecule has 1 atom stereocenters. The Hall–Kier alpha value is -1.76. The number of aromatic amines is 1. The molecule has 0 aliphatic carbocycles. The highest BCUT2D eigenvalue weighted by Crippen LogP contribution is 2.30. The van der Waals surface area contributed by atoms with E-state index in [2.05, 4.69) is 15.3 Å². The molecule has 0 saturated heterocycles. The van der Waals surface area contributed by atoms with Gasteiger partial charge in [-0.2, -0.15) is 13.2 Å². The number of nitrogens with one attached hydrogen (secondary N) is 2. The van der Waals surface area contributed by atoms with Crippen molar-refractivity contribution in [2.45, 2.75) is 32.1 Å². The van der Waals surface area contributed by atoms with Gasteiger partial charge in [0.15, 0.2) is 0 Å². The lowest BCUT2D eigenvalue weighted by atomic mass is 10.2. The van der Waals surface area contributed by atoms with Gasteiger partial charge in [-0.25, -0.2) is 4.98 Å². The first-order valence-electron chi connectivity index (χ1n) is 7.95. The molecular formula is C18H16Cl2F3N3. The summed E-state index contributed by atoms with van der Waals surface area (Å²) in [7, 11) is 0. The van der Waals surface area contributed by atoms with E-state index in [-0.39, 0.29) is 6.04 Å². The lowest BCUT2D eigenvalue weighted by Gasteiger charge is -2.13. The van der Waals surface area contributed by atoms with E-state index >= 15 is 0 Å². The molecule has 2 N–H and O–H groups in total. The Morgan fingerprint density at radius 1 is 1.12 bits per heavy atom. The molecule has 0 aliphatic heterocycles. The zero-order chi connectivity index (χ0) is 18.9. The van der Waals surface area contributed by atoms with Crippen molar-refractivity contribution < 1.29 is 13.2 Å². The Kier molecular flexibility index (Phi) is 5.46. The van der Waals surface area contributed by atoms with Crippen molar-refractivity contribution in [3.05, 3.63) is 63.4 Å². The number of alkyl halides is 3. The second-order valence-corrected chi connectivity index (χ2v) is 7.05. The monoisotopic (exact) mass is 401 g/mol. The summed E-state index contributed by atoms with van der Waals surface area (Å²) in [6.07, 6.45) is -3.82. The van der Waals surface area contributed by atoms with Crippen molar-refractivity contribution in [2.75, 3.05) is 0 Å². The number of imidazole rings is 1. The van der Waals surface area contributed by atoms with Crippen LogP contribution in [0.15, 0.2) is 36.4 Å². The number of hydrogen-bond donors (Lipinski definition) is 2. The molecule has 0 bridgehead atoms. The van der Waals surface area contributed by atoms with Gasteiger partial charge in [0, 0.05) is 29.1 Å².